The number of thioether (sulfide) groups is 1. The van der Waals surface area contributed by atoms with Crippen molar-refractivity contribution in [1.29, 1.82) is 0 Å². The highest BCUT2D eigenvalue weighted by molar-refractivity contribution is 7.99. The van der Waals surface area contributed by atoms with Gasteiger partial charge in [0.15, 0.2) is 0 Å². The molecule has 0 bridgehead atoms. The summed E-state index contributed by atoms with van der Waals surface area (Å²) in [6, 6.07) is 11.5. The number of ether oxygens (including phenoxy) is 2. The number of amides is 1. The molecular weight excluding hydrogens is 326 g/mol. The number of hydrogen-bond donors (Lipinski definition) is 1. The van der Waals surface area contributed by atoms with Crippen molar-refractivity contribution in [1.82, 2.24) is 15.3 Å². The molecule has 0 spiro atoms. The molecule has 2 aromatic rings. The molecule has 1 aromatic carbocycles. The third-order valence-corrected chi connectivity index (χ3v) is 4.21. The Hall–Kier alpha value is -2.28. The molecule has 2 rings (SSSR count). The van der Waals surface area contributed by atoms with Gasteiger partial charge in [0.2, 0.25) is 17.7 Å². The topological polar surface area (TPSA) is 73.3 Å². The van der Waals surface area contributed by atoms with Gasteiger partial charge in [-0.3, -0.25) is 4.79 Å². The SMILES string of the molecule is COc1cc(OC)nc(CSCC(=O)N[C@@H](C)c2ccccc2)n1. The summed E-state index contributed by atoms with van der Waals surface area (Å²) in [5, 5.41) is 2.98. The zero-order chi connectivity index (χ0) is 17.4. The molecule has 6 nitrogen and oxygen atoms in total. The summed E-state index contributed by atoms with van der Waals surface area (Å²) in [6.45, 7) is 1.97. The van der Waals surface area contributed by atoms with Gasteiger partial charge in [-0.05, 0) is 12.5 Å². The van der Waals surface area contributed by atoms with Crippen molar-refractivity contribution in [3.63, 3.8) is 0 Å². The van der Waals surface area contributed by atoms with E-state index in [1.54, 1.807) is 6.07 Å². The van der Waals surface area contributed by atoms with Crippen LogP contribution in [0.1, 0.15) is 24.4 Å². The average molecular weight is 347 g/mol. The van der Waals surface area contributed by atoms with Gasteiger partial charge in [-0.1, -0.05) is 30.3 Å². The van der Waals surface area contributed by atoms with Crippen molar-refractivity contribution in [2.24, 2.45) is 0 Å². The zero-order valence-corrected chi connectivity index (χ0v) is 14.8. The molecule has 0 aliphatic carbocycles. The Morgan fingerprint density at radius 1 is 1.17 bits per heavy atom. The van der Waals surface area contributed by atoms with E-state index >= 15 is 0 Å². The molecule has 0 fully saturated rings. The minimum absolute atomic E-state index is 0.0209. The number of hydrogen-bond acceptors (Lipinski definition) is 6. The second kappa shape index (κ2) is 9.12. The van der Waals surface area contributed by atoms with Crippen molar-refractivity contribution >= 4 is 17.7 Å². The van der Waals surface area contributed by atoms with Crippen molar-refractivity contribution in [2.75, 3.05) is 20.0 Å². The molecule has 1 atom stereocenters. The quantitative estimate of drug-likeness (QED) is 0.791. The first kappa shape index (κ1) is 18.1. The normalized spacial score (nSPS) is 11.6. The molecule has 0 saturated carbocycles. The molecule has 0 radical (unpaired) electrons. The highest BCUT2D eigenvalue weighted by atomic mass is 32.2. The summed E-state index contributed by atoms with van der Waals surface area (Å²) >= 11 is 1.44. The first-order valence-corrected chi connectivity index (χ1v) is 8.66. The van der Waals surface area contributed by atoms with E-state index in [4.69, 9.17) is 9.47 Å². The summed E-state index contributed by atoms with van der Waals surface area (Å²) in [5.41, 5.74) is 1.08. The van der Waals surface area contributed by atoms with Gasteiger partial charge in [0.1, 0.15) is 5.82 Å². The summed E-state index contributed by atoms with van der Waals surface area (Å²) in [7, 11) is 3.08. The number of nitrogens with zero attached hydrogens (tertiary/aromatic N) is 2. The largest absolute Gasteiger partial charge is 0.481 e. The van der Waals surface area contributed by atoms with Crippen LogP contribution in [0.15, 0.2) is 36.4 Å². The zero-order valence-electron chi connectivity index (χ0n) is 14.0. The Bertz CT molecular complexity index is 645. The van der Waals surface area contributed by atoms with Gasteiger partial charge in [-0.25, -0.2) is 0 Å². The highest BCUT2D eigenvalue weighted by Gasteiger charge is 2.10. The Morgan fingerprint density at radius 2 is 1.79 bits per heavy atom. The fourth-order valence-electron chi connectivity index (χ4n) is 2.07. The van der Waals surface area contributed by atoms with Gasteiger partial charge in [-0.15, -0.1) is 11.8 Å². The van der Waals surface area contributed by atoms with Crippen LogP contribution < -0.4 is 14.8 Å². The smallest absolute Gasteiger partial charge is 0.230 e. The fourth-order valence-corrected chi connectivity index (χ4v) is 2.75. The number of nitrogens with one attached hydrogen (secondary N) is 1. The van der Waals surface area contributed by atoms with Crippen molar-refractivity contribution in [3.8, 4) is 11.8 Å². The van der Waals surface area contributed by atoms with E-state index in [9.17, 15) is 4.79 Å². The third-order valence-electron chi connectivity index (χ3n) is 3.29. The number of aromatic nitrogens is 2. The number of methoxy groups -OCH3 is 2. The molecule has 24 heavy (non-hydrogen) atoms. The lowest BCUT2D eigenvalue weighted by Crippen LogP contribution is -2.28. The van der Waals surface area contributed by atoms with Crippen LogP contribution in [0.2, 0.25) is 0 Å². The molecule has 7 heteroatoms. The van der Waals surface area contributed by atoms with Crippen LogP contribution >= 0.6 is 11.8 Å². The van der Waals surface area contributed by atoms with E-state index < -0.39 is 0 Å². The molecule has 1 amide bonds. The maximum Gasteiger partial charge on any atom is 0.230 e. The van der Waals surface area contributed by atoms with Crippen molar-refractivity contribution < 1.29 is 14.3 Å². The predicted octanol–water partition coefficient (Wildman–Crippen LogP) is 2.60. The predicted molar refractivity (Wildman–Crippen MR) is 94.3 cm³/mol. The van der Waals surface area contributed by atoms with Crippen LogP contribution in [-0.4, -0.2) is 35.8 Å². The lowest BCUT2D eigenvalue weighted by molar-refractivity contribution is -0.119. The molecule has 0 aliphatic rings. The van der Waals surface area contributed by atoms with E-state index in [0.29, 0.717) is 29.1 Å². The average Bonchev–Trinajstić information content (AvgIpc) is 2.62. The summed E-state index contributed by atoms with van der Waals surface area (Å²) < 4.78 is 10.2. The van der Waals surface area contributed by atoms with Crippen molar-refractivity contribution in [3.05, 3.63) is 47.8 Å². The molecule has 128 valence electrons. The molecule has 0 aliphatic heterocycles. The first-order valence-electron chi connectivity index (χ1n) is 7.50. The first-order chi connectivity index (χ1) is 11.6. The van der Waals surface area contributed by atoms with Crippen LogP contribution in [0.25, 0.3) is 0 Å². The Kier molecular flexibility index (Phi) is 6.87. The third kappa shape index (κ3) is 5.42. The highest BCUT2D eigenvalue weighted by Crippen LogP contribution is 2.18. The van der Waals surface area contributed by atoms with E-state index in [-0.39, 0.29) is 11.9 Å². The van der Waals surface area contributed by atoms with Gasteiger partial charge in [-0.2, -0.15) is 9.97 Å². The van der Waals surface area contributed by atoms with Crippen LogP contribution in [0.3, 0.4) is 0 Å². The van der Waals surface area contributed by atoms with Gasteiger partial charge in [0, 0.05) is 0 Å². The number of carbonyl (C=O) groups excluding carboxylic acids is 1. The van der Waals surface area contributed by atoms with E-state index in [2.05, 4.69) is 15.3 Å². The molecule has 1 heterocycles. The summed E-state index contributed by atoms with van der Waals surface area (Å²) in [5.74, 6) is 2.27. The van der Waals surface area contributed by atoms with Gasteiger partial charge < -0.3 is 14.8 Å². The van der Waals surface area contributed by atoms with Crippen LogP contribution in [0.5, 0.6) is 11.8 Å². The number of rotatable bonds is 8. The van der Waals surface area contributed by atoms with Gasteiger partial charge >= 0.3 is 0 Å². The number of carbonyl (C=O) groups is 1. The minimum Gasteiger partial charge on any atom is -0.481 e. The Morgan fingerprint density at radius 3 is 2.38 bits per heavy atom. The molecular formula is C17H21N3O3S. The molecule has 0 unspecified atom stereocenters. The van der Waals surface area contributed by atoms with Crippen molar-refractivity contribution in [2.45, 2.75) is 18.7 Å². The lowest BCUT2D eigenvalue weighted by atomic mass is 10.1. The number of benzene rings is 1. The molecule has 0 saturated heterocycles. The molecule has 1 aromatic heterocycles. The standard InChI is InChI=1S/C17H21N3O3S/c1-12(13-7-5-4-6-8-13)18-15(21)11-24-10-14-19-16(22-2)9-17(20-14)23-3/h4-9,12H,10-11H2,1-3H3,(H,18,21)/t12-/m0/s1. The van der Waals surface area contributed by atoms with E-state index in [1.165, 1.54) is 26.0 Å². The van der Waals surface area contributed by atoms with E-state index in [0.717, 1.165) is 5.56 Å². The van der Waals surface area contributed by atoms with Crippen LogP contribution in [-0.2, 0) is 10.5 Å². The Balaban J connectivity index is 1.82. The molecule has 1 N–H and O–H groups in total. The summed E-state index contributed by atoms with van der Waals surface area (Å²) in [4.78, 5) is 20.5. The monoisotopic (exact) mass is 347 g/mol. The van der Waals surface area contributed by atoms with Gasteiger partial charge in [0.25, 0.3) is 0 Å². The summed E-state index contributed by atoms with van der Waals surface area (Å²) in [6.07, 6.45) is 0. The second-order valence-corrected chi connectivity index (χ2v) is 6.05. The van der Waals surface area contributed by atoms with Gasteiger partial charge in [0.05, 0.1) is 37.8 Å². The Labute approximate surface area is 146 Å². The minimum atomic E-state index is -0.0220. The van der Waals surface area contributed by atoms with E-state index in [1.807, 2.05) is 37.3 Å². The second-order valence-electron chi connectivity index (χ2n) is 5.06. The maximum absolute atomic E-state index is 12.0. The fraction of sp³-hybridized carbons (Fsp3) is 0.353. The maximum atomic E-state index is 12.0. The lowest BCUT2D eigenvalue weighted by Gasteiger charge is -2.14. The van der Waals surface area contributed by atoms with Crippen LogP contribution in [0, 0.1) is 0 Å². The van der Waals surface area contributed by atoms with Crippen LogP contribution in [0.4, 0.5) is 0 Å².